The molecule has 0 saturated carbocycles. The van der Waals surface area contributed by atoms with E-state index in [1.165, 1.54) is 24.1 Å². The molecule has 18 heavy (non-hydrogen) atoms. The molecule has 1 unspecified atom stereocenters. The first-order valence-corrected chi connectivity index (χ1v) is 5.62. The number of nitrogens with zero attached hydrogens (tertiary/aromatic N) is 1. The number of hydrogen-bond acceptors (Lipinski definition) is 4. The summed E-state index contributed by atoms with van der Waals surface area (Å²) in [6.45, 7) is 1.03. The summed E-state index contributed by atoms with van der Waals surface area (Å²) < 4.78 is 23.3. The van der Waals surface area contributed by atoms with Crippen LogP contribution in [0.4, 0.5) is 9.18 Å². The van der Waals surface area contributed by atoms with Crippen LogP contribution in [0.15, 0.2) is 18.2 Å². The molecular weight excluding hydrogens is 239 g/mol. The van der Waals surface area contributed by atoms with Gasteiger partial charge in [-0.25, -0.2) is 9.18 Å². The summed E-state index contributed by atoms with van der Waals surface area (Å²) >= 11 is 0. The van der Waals surface area contributed by atoms with E-state index in [1.807, 2.05) is 0 Å². The van der Waals surface area contributed by atoms with E-state index < -0.39 is 11.9 Å². The van der Waals surface area contributed by atoms with Gasteiger partial charge in [0, 0.05) is 13.1 Å². The number of benzene rings is 1. The van der Waals surface area contributed by atoms with Crippen LogP contribution in [0.3, 0.4) is 0 Å². The van der Waals surface area contributed by atoms with Gasteiger partial charge in [0.05, 0.1) is 13.7 Å². The first kappa shape index (κ1) is 12.6. The molecule has 0 aromatic heterocycles. The van der Waals surface area contributed by atoms with Crippen LogP contribution in [0.2, 0.25) is 0 Å². The van der Waals surface area contributed by atoms with Crippen LogP contribution in [0.1, 0.15) is 5.56 Å². The van der Waals surface area contributed by atoms with Gasteiger partial charge in [-0.1, -0.05) is 6.07 Å². The van der Waals surface area contributed by atoms with Crippen molar-refractivity contribution in [2.45, 2.75) is 12.6 Å². The van der Waals surface area contributed by atoms with Gasteiger partial charge in [-0.3, -0.25) is 0 Å². The lowest BCUT2D eigenvalue weighted by atomic mass is 10.2. The molecule has 6 heteroatoms. The van der Waals surface area contributed by atoms with Gasteiger partial charge in [-0.2, -0.15) is 0 Å². The van der Waals surface area contributed by atoms with E-state index in [0.29, 0.717) is 25.2 Å². The van der Waals surface area contributed by atoms with E-state index in [2.05, 4.69) is 0 Å². The highest BCUT2D eigenvalue weighted by Gasteiger charge is 2.30. The van der Waals surface area contributed by atoms with Crippen LogP contribution < -0.4 is 10.5 Å². The van der Waals surface area contributed by atoms with Gasteiger partial charge in [-0.05, 0) is 17.7 Å². The Bertz CT molecular complexity index is 453. The zero-order valence-corrected chi connectivity index (χ0v) is 10.1. The van der Waals surface area contributed by atoms with Gasteiger partial charge >= 0.3 is 6.09 Å². The third-order valence-electron chi connectivity index (χ3n) is 2.80. The van der Waals surface area contributed by atoms with Crippen molar-refractivity contribution in [1.29, 1.82) is 0 Å². The smallest absolute Gasteiger partial charge is 0.410 e. The molecule has 98 valence electrons. The van der Waals surface area contributed by atoms with Crippen molar-refractivity contribution in [3.05, 3.63) is 29.6 Å². The standard InChI is InChI=1S/C12H15FN2O3/c1-17-11-3-2-8(4-10(11)13)6-15-7-9(5-14)18-12(15)16/h2-4,9H,5-7,14H2,1H3. The predicted octanol–water partition coefficient (Wildman–Crippen LogP) is 1.11. The Kier molecular flexibility index (Phi) is 3.66. The number of amides is 1. The molecule has 1 fully saturated rings. The number of hydrogen-bond donors (Lipinski definition) is 1. The van der Waals surface area contributed by atoms with Gasteiger partial charge in [0.15, 0.2) is 11.6 Å². The van der Waals surface area contributed by atoms with E-state index in [0.717, 1.165) is 0 Å². The second-order valence-electron chi connectivity index (χ2n) is 4.09. The first-order chi connectivity index (χ1) is 8.63. The topological polar surface area (TPSA) is 64.8 Å². The fraction of sp³-hybridized carbons (Fsp3) is 0.417. The second kappa shape index (κ2) is 5.22. The highest BCUT2D eigenvalue weighted by atomic mass is 19.1. The lowest BCUT2D eigenvalue weighted by Crippen LogP contribution is -2.27. The van der Waals surface area contributed by atoms with Crippen LogP contribution in [0, 0.1) is 5.82 Å². The molecule has 1 aromatic rings. The van der Waals surface area contributed by atoms with Crippen molar-refractivity contribution in [2.24, 2.45) is 5.73 Å². The average Bonchev–Trinajstić information content (AvgIpc) is 2.70. The van der Waals surface area contributed by atoms with Gasteiger partial charge < -0.3 is 20.1 Å². The van der Waals surface area contributed by atoms with Crippen LogP contribution in [0.25, 0.3) is 0 Å². The molecule has 0 spiro atoms. The number of nitrogens with two attached hydrogens (primary N) is 1. The Morgan fingerprint density at radius 3 is 2.94 bits per heavy atom. The minimum Gasteiger partial charge on any atom is -0.494 e. The molecule has 2 rings (SSSR count). The minimum atomic E-state index is -0.446. The molecule has 1 aliphatic heterocycles. The molecule has 2 N–H and O–H groups in total. The Labute approximate surface area is 104 Å². The summed E-state index contributed by atoms with van der Waals surface area (Å²) in [6, 6.07) is 4.60. The number of carbonyl (C=O) groups is 1. The maximum atomic E-state index is 13.5. The molecule has 1 aliphatic rings. The van der Waals surface area contributed by atoms with E-state index >= 15 is 0 Å². The van der Waals surface area contributed by atoms with Crippen molar-refractivity contribution >= 4 is 6.09 Å². The molecule has 0 radical (unpaired) electrons. The van der Waals surface area contributed by atoms with E-state index in [-0.39, 0.29) is 11.9 Å². The molecule has 1 saturated heterocycles. The van der Waals surface area contributed by atoms with Crippen LogP contribution in [0.5, 0.6) is 5.75 Å². The first-order valence-electron chi connectivity index (χ1n) is 5.62. The van der Waals surface area contributed by atoms with Gasteiger partial charge in [0.25, 0.3) is 0 Å². The zero-order valence-electron chi connectivity index (χ0n) is 10.1. The maximum absolute atomic E-state index is 13.5. The Balaban J connectivity index is 2.06. The summed E-state index contributed by atoms with van der Waals surface area (Å²) in [7, 11) is 1.40. The largest absolute Gasteiger partial charge is 0.494 e. The van der Waals surface area contributed by atoms with Crippen molar-refractivity contribution in [2.75, 3.05) is 20.2 Å². The van der Waals surface area contributed by atoms with Crippen molar-refractivity contribution < 1.29 is 18.7 Å². The second-order valence-corrected chi connectivity index (χ2v) is 4.09. The minimum absolute atomic E-state index is 0.183. The molecule has 0 aliphatic carbocycles. The summed E-state index contributed by atoms with van der Waals surface area (Å²) in [6.07, 6.45) is -0.692. The summed E-state index contributed by atoms with van der Waals surface area (Å²) in [5, 5.41) is 0. The van der Waals surface area contributed by atoms with E-state index in [1.54, 1.807) is 6.07 Å². The molecular formula is C12H15FN2O3. The maximum Gasteiger partial charge on any atom is 0.410 e. The molecule has 5 nitrogen and oxygen atoms in total. The number of cyclic esters (lactones) is 1. The Morgan fingerprint density at radius 1 is 1.61 bits per heavy atom. The highest BCUT2D eigenvalue weighted by molar-refractivity contribution is 5.70. The monoisotopic (exact) mass is 254 g/mol. The SMILES string of the molecule is COc1ccc(CN2CC(CN)OC2=O)cc1F. The summed E-state index contributed by atoms with van der Waals surface area (Å²) in [5.74, 6) is -0.263. The lowest BCUT2D eigenvalue weighted by molar-refractivity contribution is 0.134. The number of ether oxygens (including phenoxy) is 2. The Morgan fingerprint density at radius 2 is 2.39 bits per heavy atom. The number of rotatable bonds is 4. The fourth-order valence-corrected chi connectivity index (χ4v) is 1.86. The highest BCUT2D eigenvalue weighted by Crippen LogP contribution is 2.20. The summed E-state index contributed by atoms with van der Waals surface area (Å²) in [5.41, 5.74) is 6.12. The molecule has 1 amide bonds. The van der Waals surface area contributed by atoms with Gasteiger partial charge in [0.1, 0.15) is 6.10 Å². The zero-order chi connectivity index (χ0) is 13.1. The number of methoxy groups -OCH3 is 1. The molecule has 1 atom stereocenters. The molecule has 0 bridgehead atoms. The van der Waals surface area contributed by atoms with E-state index in [4.69, 9.17) is 15.2 Å². The van der Waals surface area contributed by atoms with E-state index in [9.17, 15) is 9.18 Å². The Hall–Kier alpha value is -1.82. The predicted molar refractivity (Wildman–Crippen MR) is 62.7 cm³/mol. The molecule has 1 heterocycles. The lowest BCUT2D eigenvalue weighted by Gasteiger charge is -2.13. The van der Waals surface area contributed by atoms with Crippen LogP contribution >= 0.6 is 0 Å². The van der Waals surface area contributed by atoms with Crippen molar-refractivity contribution in [3.63, 3.8) is 0 Å². The average molecular weight is 254 g/mol. The summed E-state index contributed by atoms with van der Waals surface area (Å²) in [4.78, 5) is 13.0. The normalized spacial score (nSPS) is 18.9. The fourth-order valence-electron chi connectivity index (χ4n) is 1.86. The quantitative estimate of drug-likeness (QED) is 0.874. The van der Waals surface area contributed by atoms with Gasteiger partial charge in [0.2, 0.25) is 0 Å². The van der Waals surface area contributed by atoms with Gasteiger partial charge in [-0.15, -0.1) is 0 Å². The van der Waals surface area contributed by atoms with Crippen molar-refractivity contribution in [3.8, 4) is 5.75 Å². The van der Waals surface area contributed by atoms with Crippen LogP contribution in [-0.4, -0.2) is 37.3 Å². The molecule has 1 aromatic carbocycles. The third-order valence-corrected chi connectivity index (χ3v) is 2.80. The number of halogens is 1. The van der Waals surface area contributed by atoms with Crippen molar-refractivity contribution in [1.82, 2.24) is 4.90 Å². The number of carbonyl (C=O) groups excluding carboxylic acids is 1. The van der Waals surface area contributed by atoms with Crippen LogP contribution in [-0.2, 0) is 11.3 Å². The third kappa shape index (κ3) is 2.53.